The summed E-state index contributed by atoms with van der Waals surface area (Å²) in [7, 11) is 0. The molecule has 1 unspecified atom stereocenters. The van der Waals surface area contributed by atoms with E-state index in [0.717, 1.165) is 76.7 Å². The normalized spacial score (nSPS) is 22.6. The van der Waals surface area contributed by atoms with Crippen molar-refractivity contribution in [2.75, 3.05) is 49.5 Å². The van der Waals surface area contributed by atoms with Crippen LogP contribution in [-0.4, -0.2) is 77.0 Å². The predicted octanol–water partition coefficient (Wildman–Crippen LogP) is 4.18. The first-order valence-corrected chi connectivity index (χ1v) is 13.3. The summed E-state index contributed by atoms with van der Waals surface area (Å²) in [6.07, 6.45) is 11.2. The van der Waals surface area contributed by atoms with Crippen molar-refractivity contribution in [1.82, 2.24) is 19.8 Å². The summed E-state index contributed by atoms with van der Waals surface area (Å²) >= 11 is 0. The van der Waals surface area contributed by atoms with Crippen LogP contribution < -0.4 is 10.2 Å². The van der Waals surface area contributed by atoms with Crippen molar-refractivity contribution in [3.63, 3.8) is 0 Å². The number of amides is 1. The van der Waals surface area contributed by atoms with E-state index < -0.39 is 0 Å². The maximum Gasteiger partial charge on any atom is 0.253 e. The molecule has 0 saturated carbocycles. The minimum Gasteiger partial charge on any atom is -0.356 e. The molecule has 3 fully saturated rings. The molecule has 7 nitrogen and oxygen atoms in total. The first-order valence-electron chi connectivity index (χ1n) is 13.3. The van der Waals surface area contributed by atoms with Crippen LogP contribution in [0.3, 0.4) is 0 Å². The fraction of sp³-hybridized carbons (Fsp3) is 0.593. The number of aromatic nitrogens is 2. The van der Waals surface area contributed by atoms with Crippen LogP contribution in [0.1, 0.15) is 61.7 Å². The molecule has 3 saturated heterocycles. The Kier molecular flexibility index (Phi) is 7.76. The van der Waals surface area contributed by atoms with Gasteiger partial charge in [-0.25, -0.2) is 9.37 Å². The molecular formula is C27H37FN6O. The minimum absolute atomic E-state index is 0.00285. The summed E-state index contributed by atoms with van der Waals surface area (Å²) < 4.78 is 13.2. The maximum absolute atomic E-state index is 13.2. The number of halogens is 1. The van der Waals surface area contributed by atoms with E-state index in [-0.39, 0.29) is 11.7 Å². The van der Waals surface area contributed by atoms with E-state index in [1.54, 1.807) is 12.1 Å². The van der Waals surface area contributed by atoms with Gasteiger partial charge < -0.3 is 15.1 Å². The van der Waals surface area contributed by atoms with E-state index in [1.807, 2.05) is 17.2 Å². The molecule has 3 aliphatic rings. The van der Waals surface area contributed by atoms with E-state index in [1.165, 1.54) is 37.8 Å². The lowest BCUT2D eigenvalue weighted by Crippen LogP contribution is -2.52. The third-order valence-electron chi connectivity index (χ3n) is 7.72. The fourth-order valence-corrected chi connectivity index (χ4v) is 5.74. The van der Waals surface area contributed by atoms with Gasteiger partial charge in [0.05, 0.1) is 0 Å². The largest absolute Gasteiger partial charge is 0.356 e. The molecule has 8 heteroatoms. The number of nitrogens with one attached hydrogen (secondary N) is 1. The Balaban J connectivity index is 1.13. The Morgan fingerprint density at radius 3 is 2.37 bits per heavy atom. The van der Waals surface area contributed by atoms with Gasteiger partial charge in [-0.2, -0.15) is 4.98 Å². The van der Waals surface area contributed by atoms with Crippen molar-refractivity contribution in [2.24, 2.45) is 0 Å². The van der Waals surface area contributed by atoms with Crippen LogP contribution in [0.25, 0.3) is 0 Å². The molecule has 1 atom stereocenters. The zero-order valence-corrected chi connectivity index (χ0v) is 20.5. The monoisotopic (exact) mass is 480 g/mol. The topological polar surface area (TPSA) is 64.6 Å². The molecular weight excluding hydrogens is 443 g/mol. The average Bonchev–Trinajstić information content (AvgIpc) is 3.19. The fourth-order valence-electron chi connectivity index (χ4n) is 5.74. The van der Waals surface area contributed by atoms with E-state index >= 15 is 0 Å². The Morgan fingerprint density at radius 1 is 0.886 bits per heavy atom. The van der Waals surface area contributed by atoms with Gasteiger partial charge in [0, 0.05) is 56.6 Å². The van der Waals surface area contributed by atoms with Gasteiger partial charge in [-0.15, -0.1) is 0 Å². The van der Waals surface area contributed by atoms with E-state index in [9.17, 15) is 9.18 Å². The molecule has 0 spiro atoms. The molecule has 4 heterocycles. The van der Waals surface area contributed by atoms with Crippen molar-refractivity contribution < 1.29 is 9.18 Å². The summed E-state index contributed by atoms with van der Waals surface area (Å²) in [5.41, 5.74) is 0.564. The molecule has 0 aliphatic carbocycles. The van der Waals surface area contributed by atoms with Crippen molar-refractivity contribution >= 4 is 17.7 Å². The van der Waals surface area contributed by atoms with Gasteiger partial charge in [0.1, 0.15) is 11.6 Å². The molecule has 188 valence electrons. The lowest BCUT2D eigenvalue weighted by atomic mass is 9.97. The van der Waals surface area contributed by atoms with Gasteiger partial charge in [0.25, 0.3) is 5.91 Å². The first-order chi connectivity index (χ1) is 17.2. The van der Waals surface area contributed by atoms with Crippen molar-refractivity contribution in [1.29, 1.82) is 0 Å². The van der Waals surface area contributed by atoms with Crippen LogP contribution in [0.4, 0.5) is 16.2 Å². The molecule has 1 aromatic heterocycles. The number of hydrogen-bond donors (Lipinski definition) is 1. The number of carbonyl (C=O) groups is 1. The molecule has 2 aromatic rings. The third kappa shape index (κ3) is 6.10. The summed E-state index contributed by atoms with van der Waals surface area (Å²) in [6.45, 7) is 5.73. The van der Waals surface area contributed by atoms with Crippen LogP contribution in [-0.2, 0) is 0 Å². The van der Waals surface area contributed by atoms with E-state index in [0.29, 0.717) is 17.6 Å². The van der Waals surface area contributed by atoms with Crippen LogP contribution in [0.15, 0.2) is 36.5 Å². The van der Waals surface area contributed by atoms with Crippen molar-refractivity contribution in [3.05, 3.63) is 47.9 Å². The second-order valence-corrected chi connectivity index (χ2v) is 10.1. The Labute approximate surface area is 207 Å². The number of rotatable bonds is 5. The molecule has 1 N–H and O–H groups in total. The number of hydrogen-bond acceptors (Lipinski definition) is 6. The Morgan fingerprint density at radius 2 is 1.63 bits per heavy atom. The number of likely N-dealkylation sites (tertiary alicyclic amines) is 2. The van der Waals surface area contributed by atoms with Gasteiger partial charge >= 0.3 is 0 Å². The van der Waals surface area contributed by atoms with Crippen LogP contribution in [0.2, 0.25) is 0 Å². The number of piperidine rings is 2. The molecule has 1 amide bonds. The minimum atomic E-state index is -0.312. The lowest BCUT2D eigenvalue weighted by Gasteiger charge is -2.42. The Hall–Kier alpha value is -2.74. The Bertz CT molecular complexity index is 970. The van der Waals surface area contributed by atoms with Gasteiger partial charge in [0.2, 0.25) is 5.95 Å². The average molecular weight is 481 g/mol. The van der Waals surface area contributed by atoms with Crippen LogP contribution >= 0.6 is 0 Å². The van der Waals surface area contributed by atoms with Gasteiger partial charge in [0.15, 0.2) is 0 Å². The number of anilines is 2. The zero-order chi connectivity index (χ0) is 24.0. The highest BCUT2D eigenvalue weighted by Gasteiger charge is 2.31. The zero-order valence-electron chi connectivity index (χ0n) is 20.5. The van der Waals surface area contributed by atoms with Gasteiger partial charge in [-0.05, 0) is 75.4 Å². The summed E-state index contributed by atoms with van der Waals surface area (Å²) in [4.78, 5) is 29.0. The second-order valence-electron chi connectivity index (χ2n) is 10.1. The third-order valence-corrected chi connectivity index (χ3v) is 7.72. The summed E-state index contributed by atoms with van der Waals surface area (Å²) in [6, 6.07) is 8.72. The standard InChI is InChI=1S/C27H37FN6O/c28-22-9-7-21(8-10-22)26(35)33-18-12-24(13-19-33)34-17-5-6-23(20-34)30-27-29-14-11-25(31-27)32-15-3-1-2-4-16-32/h7-11,14,23-24H,1-6,12-13,15-20H2,(H,29,30,31). The highest BCUT2D eigenvalue weighted by molar-refractivity contribution is 5.94. The molecule has 1 aromatic carbocycles. The molecule has 3 aliphatic heterocycles. The lowest BCUT2D eigenvalue weighted by molar-refractivity contribution is 0.0580. The smallest absolute Gasteiger partial charge is 0.253 e. The molecule has 0 radical (unpaired) electrons. The molecule has 35 heavy (non-hydrogen) atoms. The quantitative estimate of drug-likeness (QED) is 0.693. The summed E-state index contributed by atoms with van der Waals surface area (Å²) in [5.74, 6) is 1.46. The molecule has 0 bridgehead atoms. The highest BCUT2D eigenvalue weighted by Crippen LogP contribution is 2.24. The second kappa shape index (κ2) is 11.3. The summed E-state index contributed by atoms with van der Waals surface area (Å²) in [5, 5.41) is 3.61. The van der Waals surface area contributed by atoms with E-state index in [2.05, 4.69) is 20.1 Å². The van der Waals surface area contributed by atoms with Crippen LogP contribution in [0, 0.1) is 5.82 Å². The number of benzene rings is 1. The van der Waals surface area contributed by atoms with Crippen LogP contribution in [0.5, 0.6) is 0 Å². The van der Waals surface area contributed by atoms with Crippen molar-refractivity contribution in [2.45, 2.75) is 63.5 Å². The van der Waals surface area contributed by atoms with Gasteiger partial charge in [-0.3, -0.25) is 9.69 Å². The number of nitrogens with zero attached hydrogens (tertiary/aromatic N) is 5. The van der Waals surface area contributed by atoms with Crippen molar-refractivity contribution in [3.8, 4) is 0 Å². The molecule has 5 rings (SSSR count). The maximum atomic E-state index is 13.2. The highest BCUT2D eigenvalue weighted by atomic mass is 19.1. The van der Waals surface area contributed by atoms with Gasteiger partial charge in [-0.1, -0.05) is 12.8 Å². The SMILES string of the molecule is O=C(c1ccc(F)cc1)N1CCC(N2CCCC(Nc3nccc(N4CCCCCC4)n3)C2)CC1. The van der Waals surface area contributed by atoms with E-state index in [4.69, 9.17) is 4.98 Å². The predicted molar refractivity (Wildman–Crippen MR) is 136 cm³/mol. The number of carbonyl (C=O) groups excluding carboxylic acids is 1. The first kappa shape index (κ1) is 24.0.